The zero-order valence-electron chi connectivity index (χ0n) is 25.6. The van der Waals surface area contributed by atoms with E-state index in [1.807, 2.05) is 0 Å². The van der Waals surface area contributed by atoms with Gasteiger partial charge in [0.05, 0.1) is 18.3 Å². The first kappa shape index (κ1) is 38.8. The average Bonchev–Trinajstić information content (AvgIpc) is 2.97. The molecule has 1 fully saturated rings. The average molecular weight is 705 g/mol. The van der Waals surface area contributed by atoms with Crippen LogP contribution in [0.3, 0.4) is 0 Å². The van der Waals surface area contributed by atoms with Gasteiger partial charge in [0.2, 0.25) is 10.0 Å². The molecular formula is C31H29Cl2N3Na2O7S. The number of halogens is 2. The fourth-order valence-electron chi connectivity index (χ4n) is 6.13. The van der Waals surface area contributed by atoms with Crippen molar-refractivity contribution in [3.8, 4) is 0 Å². The molecule has 0 aromatic heterocycles. The van der Waals surface area contributed by atoms with Crippen LogP contribution in [0.5, 0.6) is 0 Å². The van der Waals surface area contributed by atoms with E-state index in [0.29, 0.717) is 34.6 Å². The summed E-state index contributed by atoms with van der Waals surface area (Å²) in [6, 6.07) is 15.2. The van der Waals surface area contributed by atoms with Crippen molar-refractivity contribution in [3.05, 3.63) is 105 Å². The Hall–Kier alpha value is -1.64. The fraction of sp³-hybridized carbons (Fsp3) is 0.323. The number of oxime groups is 1. The maximum atomic E-state index is 14.3. The van der Waals surface area contributed by atoms with Gasteiger partial charge in [-0.1, -0.05) is 78.5 Å². The second-order valence-electron chi connectivity index (χ2n) is 10.9. The predicted molar refractivity (Wildman–Crippen MR) is 162 cm³/mol. The normalized spacial score (nSPS) is 21.4. The maximum Gasteiger partial charge on any atom is 1.00 e. The molecule has 0 spiro atoms. The molecule has 4 atom stereocenters. The predicted octanol–water partition coefficient (Wildman–Crippen LogP) is -2.60. The molecule has 15 heteroatoms. The molecule has 5 rings (SSSR count). The van der Waals surface area contributed by atoms with Crippen molar-refractivity contribution in [2.24, 2.45) is 5.16 Å². The topological polar surface area (TPSA) is 151 Å². The molecule has 0 radical (unpaired) electrons. The summed E-state index contributed by atoms with van der Waals surface area (Å²) < 4.78 is 27.4. The number of hydrogen-bond donors (Lipinski definition) is 1. The molecule has 46 heavy (non-hydrogen) atoms. The van der Waals surface area contributed by atoms with E-state index < -0.39 is 45.9 Å². The van der Waals surface area contributed by atoms with Crippen molar-refractivity contribution < 1.29 is 92.2 Å². The van der Waals surface area contributed by atoms with E-state index in [4.69, 9.17) is 28.0 Å². The molecule has 1 aliphatic heterocycles. The summed E-state index contributed by atoms with van der Waals surface area (Å²) in [5.41, 5.74) is 1.56. The number of aromatic carboxylic acids is 1. The number of nitrogens with one attached hydrogen (secondary N) is 1. The van der Waals surface area contributed by atoms with E-state index in [2.05, 4.69) is 9.88 Å². The maximum absolute atomic E-state index is 14.3. The minimum Gasteiger partial charge on any atom is -0.859 e. The molecular weight excluding hydrogens is 675 g/mol. The fourth-order valence-corrected chi connectivity index (χ4v) is 7.47. The van der Waals surface area contributed by atoms with Crippen LogP contribution < -0.4 is 74.0 Å². The summed E-state index contributed by atoms with van der Waals surface area (Å²) in [5, 5.41) is 29.7. The molecule has 0 unspecified atom stereocenters. The van der Waals surface area contributed by atoms with E-state index in [9.17, 15) is 28.2 Å². The summed E-state index contributed by atoms with van der Waals surface area (Å²) in [5.74, 6) is -3.49. The minimum absolute atomic E-state index is 0. The van der Waals surface area contributed by atoms with E-state index >= 15 is 0 Å². The van der Waals surface area contributed by atoms with Gasteiger partial charge < -0.3 is 24.7 Å². The van der Waals surface area contributed by atoms with Crippen LogP contribution in [0.2, 0.25) is 10.0 Å². The van der Waals surface area contributed by atoms with Gasteiger partial charge in [-0.2, -0.15) is 0 Å². The third kappa shape index (κ3) is 8.87. The van der Waals surface area contributed by atoms with Crippen LogP contribution in [-0.4, -0.2) is 49.4 Å². The summed E-state index contributed by atoms with van der Waals surface area (Å²) in [6.45, 7) is -0.195. The number of rotatable bonds is 9. The van der Waals surface area contributed by atoms with Gasteiger partial charge in [-0.3, -0.25) is 4.79 Å². The van der Waals surface area contributed by atoms with Crippen LogP contribution in [0.4, 0.5) is 0 Å². The van der Waals surface area contributed by atoms with Crippen molar-refractivity contribution in [2.45, 2.75) is 56.3 Å². The molecule has 1 N–H and O–H groups in total. The molecule has 3 aromatic rings. The van der Waals surface area contributed by atoms with Crippen molar-refractivity contribution in [1.29, 1.82) is 0 Å². The zero-order chi connectivity index (χ0) is 31.6. The Balaban J connectivity index is 0.00000288. The first-order valence-electron chi connectivity index (χ1n) is 14.0. The Morgan fingerprint density at radius 2 is 1.72 bits per heavy atom. The van der Waals surface area contributed by atoms with Gasteiger partial charge in [-0.25, -0.2) is 13.1 Å². The molecule has 2 aliphatic rings. The number of sulfonamides is 1. The second-order valence-corrected chi connectivity index (χ2v) is 13.6. The van der Waals surface area contributed by atoms with Crippen molar-refractivity contribution in [2.75, 3.05) is 6.26 Å². The quantitative estimate of drug-likeness (QED) is 0.111. The van der Waals surface area contributed by atoms with Gasteiger partial charge in [0.25, 0.3) is 5.91 Å². The largest absolute Gasteiger partial charge is 1.00 e. The standard InChI is InChI=1S/C31H31Cl2N3O7S.2Na/c1-44(41,42)35-25-11-4-5-12-26(25)36-28(23-14-13-20(32)16-24(23)33)27(21-9-2-3-10-22(21)30(36)38)29(37)34-43-17-18-7-6-8-19(15-18)31(39)40;;/h2-3,6-10,13-16,25-28,35H,4-5,11-12,17H2,1H3,(H,34,37)(H,39,40);;/q;2*+1/p-2/t25-,26-,27+,28-;;/m1../s1. The number of nitrogens with zero attached hydrogens (tertiary/aromatic N) is 2. The summed E-state index contributed by atoms with van der Waals surface area (Å²) in [7, 11) is -3.62. The Bertz CT molecular complexity index is 1730. The molecule has 1 heterocycles. The number of benzene rings is 3. The second kappa shape index (κ2) is 16.6. The molecule has 1 saturated carbocycles. The molecule has 1 aliphatic carbocycles. The first-order chi connectivity index (χ1) is 20.9. The van der Waals surface area contributed by atoms with E-state index in [-0.39, 0.29) is 87.8 Å². The SMILES string of the molecule is CS(=O)(=O)N[C@@H]1CCCC[C@H]1N1C(=O)c2ccccc2[C@H](C([O-])=NOCc2cccc(C(=O)[O-])c2)[C@H]1c1ccc(Cl)cc1Cl.[Na+].[Na+]. The van der Waals surface area contributed by atoms with Crippen LogP contribution in [0.1, 0.15) is 75.0 Å². The van der Waals surface area contributed by atoms with Gasteiger partial charge in [0.15, 0.2) is 0 Å². The number of hydrogen-bond acceptors (Lipinski definition) is 8. The summed E-state index contributed by atoms with van der Waals surface area (Å²) >= 11 is 12.9. The third-order valence-corrected chi connectivity index (χ3v) is 9.22. The van der Waals surface area contributed by atoms with Crippen molar-refractivity contribution >= 4 is 51.0 Å². The number of fused-ring (bicyclic) bond motifs is 1. The van der Waals surface area contributed by atoms with E-state index in [1.165, 1.54) is 24.3 Å². The molecule has 232 valence electrons. The Kier molecular flexibility index (Phi) is 14.0. The molecule has 10 nitrogen and oxygen atoms in total. The minimum atomic E-state index is -3.62. The number of carbonyl (C=O) groups is 2. The Labute approximate surface area is 322 Å². The van der Waals surface area contributed by atoms with Gasteiger partial charge in [0, 0.05) is 39.5 Å². The smallest absolute Gasteiger partial charge is 0.859 e. The third-order valence-electron chi connectivity index (χ3n) is 7.92. The van der Waals surface area contributed by atoms with Crippen LogP contribution in [-0.2, 0) is 21.5 Å². The molecule has 0 saturated heterocycles. The Morgan fingerprint density at radius 3 is 2.41 bits per heavy atom. The summed E-state index contributed by atoms with van der Waals surface area (Å²) in [4.78, 5) is 32.5. The Morgan fingerprint density at radius 1 is 1.00 bits per heavy atom. The van der Waals surface area contributed by atoms with Crippen molar-refractivity contribution in [1.82, 2.24) is 9.62 Å². The van der Waals surface area contributed by atoms with Crippen LogP contribution in [0.25, 0.3) is 0 Å². The zero-order valence-corrected chi connectivity index (χ0v) is 31.9. The molecule has 0 bridgehead atoms. The number of amides is 1. The van der Waals surface area contributed by atoms with Crippen LogP contribution in [0.15, 0.2) is 71.9 Å². The van der Waals surface area contributed by atoms with Gasteiger partial charge in [-0.05, 0) is 59.4 Å². The van der Waals surface area contributed by atoms with Crippen LogP contribution >= 0.6 is 23.2 Å². The van der Waals surface area contributed by atoms with E-state index in [0.717, 1.165) is 19.1 Å². The summed E-state index contributed by atoms with van der Waals surface area (Å²) in [6.07, 6.45) is 3.58. The van der Waals surface area contributed by atoms with Gasteiger partial charge in [-0.15, -0.1) is 5.16 Å². The number of carbonyl (C=O) groups excluding carboxylic acids is 2. The van der Waals surface area contributed by atoms with Crippen LogP contribution in [0, 0.1) is 0 Å². The molecule has 3 aromatic carbocycles. The van der Waals surface area contributed by atoms with E-state index in [1.54, 1.807) is 47.4 Å². The monoisotopic (exact) mass is 703 g/mol. The van der Waals surface area contributed by atoms with Crippen molar-refractivity contribution in [3.63, 3.8) is 0 Å². The van der Waals surface area contributed by atoms with Gasteiger partial charge in [0.1, 0.15) is 6.61 Å². The number of carboxylic acid groups (broad SMARTS) is 1. The first-order valence-corrected chi connectivity index (χ1v) is 16.6. The number of carboxylic acids is 1. The molecule has 1 amide bonds. The van der Waals surface area contributed by atoms with Gasteiger partial charge >= 0.3 is 59.1 Å².